The SMILES string of the molecule is CCCc1cc(C2(c3ccc(Cc4ccc(N)cc4)c(CCC)c3)CCC(CCC)CC2)ccc1Cc1ccc(N)cc1. The van der Waals surface area contributed by atoms with Crippen LogP contribution in [0, 0.1) is 5.92 Å². The summed E-state index contributed by atoms with van der Waals surface area (Å²) in [6.07, 6.45) is 14.2. The second-order valence-corrected chi connectivity index (χ2v) is 13.1. The van der Waals surface area contributed by atoms with Crippen molar-refractivity contribution in [2.45, 2.75) is 103 Å². The van der Waals surface area contributed by atoms with Gasteiger partial charge in [-0.1, -0.05) is 107 Å². The van der Waals surface area contributed by atoms with Gasteiger partial charge in [-0.2, -0.15) is 0 Å². The minimum atomic E-state index is 0.0781. The molecular formula is C41H52N2. The highest BCUT2D eigenvalue weighted by molar-refractivity contribution is 5.49. The molecule has 0 saturated heterocycles. The molecule has 1 aliphatic carbocycles. The van der Waals surface area contributed by atoms with E-state index in [0.717, 1.165) is 55.8 Å². The number of hydrogen-bond acceptors (Lipinski definition) is 2. The molecule has 1 saturated carbocycles. The molecule has 0 radical (unpaired) electrons. The fourth-order valence-electron chi connectivity index (χ4n) is 7.52. The lowest BCUT2D eigenvalue weighted by Crippen LogP contribution is -2.33. The first kappa shape index (κ1) is 30.9. The van der Waals surface area contributed by atoms with Gasteiger partial charge in [0.05, 0.1) is 0 Å². The molecule has 2 heteroatoms. The van der Waals surface area contributed by atoms with Crippen LogP contribution in [0.2, 0.25) is 0 Å². The van der Waals surface area contributed by atoms with E-state index in [1.807, 2.05) is 24.3 Å². The second kappa shape index (κ2) is 14.3. The Morgan fingerprint density at radius 1 is 0.558 bits per heavy atom. The van der Waals surface area contributed by atoms with E-state index < -0.39 is 0 Å². The molecule has 0 heterocycles. The fourth-order valence-corrected chi connectivity index (χ4v) is 7.52. The van der Waals surface area contributed by atoms with Crippen molar-refractivity contribution in [3.8, 4) is 0 Å². The number of nitrogen functional groups attached to an aromatic ring is 2. The molecule has 5 rings (SSSR count). The first-order valence-electron chi connectivity index (χ1n) is 16.9. The molecule has 1 aliphatic rings. The zero-order chi connectivity index (χ0) is 30.2. The maximum atomic E-state index is 5.98. The van der Waals surface area contributed by atoms with Crippen molar-refractivity contribution in [2.24, 2.45) is 5.92 Å². The fraction of sp³-hybridized carbons (Fsp3) is 0.415. The summed E-state index contributed by atoms with van der Waals surface area (Å²) in [4.78, 5) is 0. The van der Waals surface area contributed by atoms with Gasteiger partial charge < -0.3 is 11.5 Å². The van der Waals surface area contributed by atoms with Crippen LogP contribution in [-0.4, -0.2) is 0 Å². The van der Waals surface area contributed by atoms with E-state index in [9.17, 15) is 0 Å². The Morgan fingerprint density at radius 3 is 1.40 bits per heavy atom. The summed E-state index contributed by atoms with van der Waals surface area (Å²) in [5, 5.41) is 0. The van der Waals surface area contributed by atoms with Gasteiger partial charge in [-0.15, -0.1) is 0 Å². The van der Waals surface area contributed by atoms with Crippen LogP contribution in [0.5, 0.6) is 0 Å². The Labute approximate surface area is 260 Å². The molecule has 0 aliphatic heterocycles. The average molecular weight is 573 g/mol. The molecule has 0 bridgehead atoms. The summed E-state index contributed by atoms with van der Waals surface area (Å²) >= 11 is 0. The quantitative estimate of drug-likeness (QED) is 0.166. The van der Waals surface area contributed by atoms with Gasteiger partial charge in [-0.25, -0.2) is 0 Å². The summed E-state index contributed by atoms with van der Waals surface area (Å²) in [7, 11) is 0. The number of anilines is 2. The highest BCUT2D eigenvalue weighted by Gasteiger charge is 2.39. The number of hydrogen-bond donors (Lipinski definition) is 2. The summed E-state index contributed by atoms with van der Waals surface area (Å²) in [5.41, 5.74) is 25.3. The summed E-state index contributed by atoms with van der Waals surface area (Å²) in [5.74, 6) is 0.859. The van der Waals surface area contributed by atoms with E-state index in [4.69, 9.17) is 11.5 Å². The lowest BCUT2D eigenvalue weighted by Gasteiger charge is -2.42. The van der Waals surface area contributed by atoms with Gasteiger partial charge in [0.2, 0.25) is 0 Å². The molecule has 43 heavy (non-hydrogen) atoms. The van der Waals surface area contributed by atoms with Crippen molar-refractivity contribution >= 4 is 11.4 Å². The molecule has 4 N–H and O–H groups in total. The third kappa shape index (κ3) is 7.35. The Hall–Kier alpha value is -3.52. The molecule has 0 unspecified atom stereocenters. The van der Waals surface area contributed by atoms with E-state index in [2.05, 4.69) is 81.4 Å². The number of benzene rings is 4. The van der Waals surface area contributed by atoms with E-state index in [0.29, 0.717) is 0 Å². The molecule has 2 nitrogen and oxygen atoms in total. The minimum Gasteiger partial charge on any atom is -0.399 e. The topological polar surface area (TPSA) is 52.0 Å². The van der Waals surface area contributed by atoms with Crippen molar-refractivity contribution < 1.29 is 0 Å². The van der Waals surface area contributed by atoms with E-state index in [1.165, 1.54) is 83.0 Å². The van der Waals surface area contributed by atoms with Crippen LogP contribution in [0.4, 0.5) is 11.4 Å². The number of nitrogens with two attached hydrogens (primary N) is 2. The van der Waals surface area contributed by atoms with Crippen LogP contribution in [0.25, 0.3) is 0 Å². The van der Waals surface area contributed by atoms with Gasteiger partial charge in [0.15, 0.2) is 0 Å². The molecule has 4 aromatic carbocycles. The van der Waals surface area contributed by atoms with E-state index in [-0.39, 0.29) is 5.41 Å². The van der Waals surface area contributed by atoms with Crippen molar-refractivity contribution in [1.29, 1.82) is 0 Å². The van der Waals surface area contributed by atoms with Crippen LogP contribution in [0.1, 0.15) is 117 Å². The van der Waals surface area contributed by atoms with Crippen molar-refractivity contribution in [2.75, 3.05) is 11.5 Å². The van der Waals surface area contributed by atoms with Crippen LogP contribution < -0.4 is 11.5 Å². The lowest BCUT2D eigenvalue weighted by atomic mass is 9.62. The van der Waals surface area contributed by atoms with Gasteiger partial charge in [0.1, 0.15) is 0 Å². The van der Waals surface area contributed by atoms with Gasteiger partial charge in [0.25, 0.3) is 0 Å². The normalized spacial score (nSPS) is 15.0. The predicted octanol–water partition coefficient (Wildman–Crippen LogP) is 10.2. The van der Waals surface area contributed by atoms with Crippen LogP contribution in [-0.2, 0) is 31.1 Å². The maximum absolute atomic E-state index is 5.98. The number of rotatable bonds is 12. The third-order valence-electron chi connectivity index (χ3n) is 9.96. The maximum Gasteiger partial charge on any atom is 0.0314 e. The molecule has 226 valence electrons. The van der Waals surface area contributed by atoms with Crippen molar-refractivity contribution in [3.05, 3.63) is 129 Å². The zero-order valence-electron chi connectivity index (χ0n) is 26.8. The number of aryl methyl sites for hydroxylation is 2. The third-order valence-corrected chi connectivity index (χ3v) is 9.96. The summed E-state index contributed by atoms with van der Waals surface area (Å²) < 4.78 is 0. The molecule has 1 fully saturated rings. The van der Waals surface area contributed by atoms with E-state index in [1.54, 1.807) is 0 Å². The van der Waals surface area contributed by atoms with E-state index >= 15 is 0 Å². The second-order valence-electron chi connectivity index (χ2n) is 13.1. The predicted molar refractivity (Wildman–Crippen MR) is 186 cm³/mol. The molecule has 0 spiro atoms. The molecular weight excluding hydrogens is 520 g/mol. The standard InChI is InChI=1S/C41H52N2/c1-4-7-30-22-24-41(25-23-30,37-16-14-35(33(28-37)8-5-2)26-31-10-18-39(42)19-11-31)38-17-15-36(34(29-38)9-6-3)27-32-12-20-40(43)21-13-32/h10-21,28-30H,4-9,22-27,42-43H2,1-3H3. The van der Waals surface area contributed by atoms with Gasteiger partial charge in [0, 0.05) is 16.8 Å². The highest BCUT2D eigenvalue weighted by Crippen LogP contribution is 2.48. The molecule has 4 aromatic rings. The van der Waals surface area contributed by atoms with Crippen LogP contribution >= 0.6 is 0 Å². The monoisotopic (exact) mass is 572 g/mol. The van der Waals surface area contributed by atoms with Crippen LogP contribution in [0.3, 0.4) is 0 Å². The van der Waals surface area contributed by atoms with Gasteiger partial charge >= 0.3 is 0 Å². The Balaban J connectivity index is 1.54. The highest BCUT2D eigenvalue weighted by atomic mass is 14.5. The largest absolute Gasteiger partial charge is 0.399 e. The Morgan fingerprint density at radius 2 is 1.00 bits per heavy atom. The lowest BCUT2D eigenvalue weighted by molar-refractivity contribution is 0.253. The van der Waals surface area contributed by atoms with Crippen LogP contribution in [0.15, 0.2) is 84.9 Å². The first-order valence-corrected chi connectivity index (χ1v) is 16.9. The summed E-state index contributed by atoms with van der Waals surface area (Å²) in [6, 6.07) is 31.8. The Kier molecular flexibility index (Phi) is 10.3. The average Bonchev–Trinajstić information content (AvgIpc) is 3.02. The van der Waals surface area contributed by atoms with Gasteiger partial charge in [-0.05, 0) is 126 Å². The first-order chi connectivity index (χ1) is 20.9. The molecule has 0 aromatic heterocycles. The smallest absolute Gasteiger partial charge is 0.0314 e. The van der Waals surface area contributed by atoms with Gasteiger partial charge in [-0.3, -0.25) is 0 Å². The Bertz CT molecular complexity index is 1350. The summed E-state index contributed by atoms with van der Waals surface area (Å²) in [6.45, 7) is 6.96. The molecule has 0 atom stereocenters. The minimum absolute atomic E-state index is 0.0781. The van der Waals surface area contributed by atoms with Crippen molar-refractivity contribution in [1.82, 2.24) is 0 Å². The zero-order valence-corrected chi connectivity index (χ0v) is 26.8. The van der Waals surface area contributed by atoms with Crippen molar-refractivity contribution in [3.63, 3.8) is 0 Å². The molecule has 0 amide bonds.